The Bertz CT molecular complexity index is 474. The van der Waals surface area contributed by atoms with Gasteiger partial charge in [-0.3, -0.25) is 4.68 Å². The highest BCUT2D eigenvalue weighted by atomic mass is 16.3. The molecule has 0 aliphatic rings. The van der Waals surface area contributed by atoms with Crippen molar-refractivity contribution in [3.05, 3.63) is 59.9 Å². The zero-order valence-corrected chi connectivity index (χ0v) is 11.6. The lowest BCUT2D eigenvalue weighted by Crippen LogP contribution is -2.19. The topological polar surface area (TPSA) is 37.2 Å². The van der Waals surface area contributed by atoms with Crippen LogP contribution in [0.1, 0.15) is 31.1 Å². The SMILES string of the molecule is CC(C)Cc1ccc(C(O)CNn2cccc2)cc1. The van der Waals surface area contributed by atoms with E-state index in [1.807, 2.05) is 41.3 Å². The molecule has 3 heteroatoms. The van der Waals surface area contributed by atoms with E-state index in [1.165, 1.54) is 5.56 Å². The van der Waals surface area contributed by atoms with Crippen LogP contribution in [-0.2, 0) is 6.42 Å². The number of hydrogen-bond donors (Lipinski definition) is 2. The van der Waals surface area contributed by atoms with Crippen molar-refractivity contribution >= 4 is 0 Å². The Hall–Kier alpha value is -1.74. The fourth-order valence-electron chi connectivity index (χ4n) is 2.10. The Morgan fingerprint density at radius 1 is 1.11 bits per heavy atom. The number of rotatable bonds is 6. The summed E-state index contributed by atoms with van der Waals surface area (Å²) in [7, 11) is 0. The van der Waals surface area contributed by atoms with Gasteiger partial charge in [0.25, 0.3) is 0 Å². The van der Waals surface area contributed by atoms with Crippen LogP contribution in [0.15, 0.2) is 48.8 Å². The van der Waals surface area contributed by atoms with Gasteiger partial charge < -0.3 is 10.5 Å². The van der Waals surface area contributed by atoms with Crippen LogP contribution < -0.4 is 5.43 Å². The van der Waals surface area contributed by atoms with E-state index < -0.39 is 6.10 Å². The van der Waals surface area contributed by atoms with Crippen molar-refractivity contribution in [2.45, 2.75) is 26.4 Å². The molecule has 1 aromatic carbocycles. The molecule has 2 rings (SSSR count). The number of nitrogens with zero attached hydrogens (tertiary/aromatic N) is 1. The summed E-state index contributed by atoms with van der Waals surface area (Å²) in [6.07, 6.45) is 4.42. The minimum Gasteiger partial charge on any atom is -0.387 e. The molecular weight excluding hydrogens is 236 g/mol. The summed E-state index contributed by atoms with van der Waals surface area (Å²) in [5.41, 5.74) is 5.41. The molecule has 102 valence electrons. The third-order valence-electron chi connectivity index (χ3n) is 3.08. The molecule has 0 aliphatic carbocycles. The minimum absolute atomic E-state index is 0.490. The first-order chi connectivity index (χ1) is 9.15. The van der Waals surface area contributed by atoms with Crippen molar-refractivity contribution in [1.82, 2.24) is 4.68 Å². The van der Waals surface area contributed by atoms with Gasteiger partial charge in [-0.25, -0.2) is 0 Å². The molecule has 0 bridgehead atoms. The van der Waals surface area contributed by atoms with Crippen molar-refractivity contribution in [3.63, 3.8) is 0 Å². The molecule has 2 N–H and O–H groups in total. The Morgan fingerprint density at radius 3 is 2.32 bits per heavy atom. The Labute approximate surface area is 114 Å². The van der Waals surface area contributed by atoms with Gasteiger partial charge in [0.1, 0.15) is 0 Å². The summed E-state index contributed by atoms with van der Waals surface area (Å²) in [6, 6.07) is 12.1. The van der Waals surface area contributed by atoms with Crippen LogP contribution in [0.3, 0.4) is 0 Å². The molecule has 0 fully saturated rings. The molecular formula is C16H22N2O. The van der Waals surface area contributed by atoms with E-state index in [9.17, 15) is 5.11 Å². The Kier molecular flexibility index (Phi) is 4.63. The number of aliphatic hydroxyl groups is 1. The second kappa shape index (κ2) is 6.43. The van der Waals surface area contributed by atoms with Crippen LogP contribution in [0, 0.1) is 5.92 Å². The van der Waals surface area contributed by atoms with E-state index >= 15 is 0 Å². The van der Waals surface area contributed by atoms with Gasteiger partial charge in [-0.05, 0) is 35.6 Å². The predicted octanol–water partition coefficient (Wildman–Crippen LogP) is 2.96. The van der Waals surface area contributed by atoms with Gasteiger partial charge in [0, 0.05) is 12.4 Å². The largest absolute Gasteiger partial charge is 0.387 e. The highest BCUT2D eigenvalue weighted by Crippen LogP contribution is 2.15. The molecule has 0 saturated carbocycles. The zero-order valence-electron chi connectivity index (χ0n) is 11.6. The van der Waals surface area contributed by atoms with Crippen molar-refractivity contribution < 1.29 is 5.11 Å². The first-order valence-electron chi connectivity index (χ1n) is 6.79. The maximum Gasteiger partial charge on any atom is 0.0978 e. The van der Waals surface area contributed by atoms with Crippen LogP contribution in [0.5, 0.6) is 0 Å². The fraction of sp³-hybridized carbons (Fsp3) is 0.375. The maximum atomic E-state index is 10.1. The molecule has 1 heterocycles. The molecule has 2 aromatic rings. The third-order valence-corrected chi connectivity index (χ3v) is 3.08. The number of nitrogens with one attached hydrogen (secondary N) is 1. The molecule has 0 radical (unpaired) electrons. The zero-order chi connectivity index (χ0) is 13.7. The van der Waals surface area contributed by atoms with Crippen molar-refractivity contribution in [3.8, 4) is 0 Å². The van der Waals surface area contributed by atoms with Crippen LogP contribution >= 0.6 is 0 Å². The first-order valence-corrected chi connectivity index (χ1v) is 6.79. The van der Waals surface area contributed by atoms with Gasteiger partial charge in [-0.1, -0.05) is 38.1 Å². The molecule has 1 atom stereocenters. The summed E-state index contributed by atoms with van der Waals surface area (Å²) < 4.78 is 1.84. The fourth-order valence-corrected chi connectivity index (χ4v) is 2.10. The van der Waals surface area contributed by atoms with Crippen LogP contribution in [0.2, 0.25) is 0 Å². The third kappa shape index (κ3) is 4.14. The van der Waals surface area contributed by atoms with Crippen molar-refractivity contribution in [1.29, 1.82) is 0 Å². The highest BCUT2D eigenvalue weighted by molar-refractivity contribution is 5.25. The van der Waals surface area contributed by atoms with Crippen LogP contribution in [0.4, 0.5) is 0 Å². The molecule has 0 saturated heterocycles. The van der Waals surface area contributed by atoms with Gasteiger partial charge in [-0.2, -0.15) is 0 Å². The van der Waals surface area contributed by atoms with Gasteiger partial charge in [0.05, 0.1) is 12.6 Å². The van der Waals surface area contributed by atoms with Crippen molar-refractivity contribution in [2.24, 2.45) is 5.92 Å². The smallest absolute Gasteiger partial charge is 0.0978 e. The van der Waals surface area contributed by atoms with E-state index in [0.29, 0.717) is 12.5 Å². The lowest BCUT2D eigenvalue weighted by Gasteiger charge is -2.14. The molecule has 1 unspecified atom stereocenters. The highest BCUT2D eigenvalue weighted by Gasteiger charge is 2.07. The summed E-state index contributed by atoms with van der Waals surface area (Å²) in [6.45, 7) is 4.92. The summed E-state index contributed by atoms with van der Waals surface area (Å²) in [5.74, 6) is 0.659. The molecule has 0 amide bonds. The molecule has 1 aromatic heterocycles. The predicted molar refractivity (Wildman–Crippen MR) is 78.6 cm³/mol. The number of aromatic nitrogens is 1. The van der Waals surface area contributed by atoms with E-state index in [0.717, 1.165) is 12.0 Å². The quantitative estimate of drug-likeness (QED) is 0.836. The van der Waals surface area contributed by atoms with E-state index in [4.69, 9.17) is 0 Å². The standard InChI is InChI=1S/C16H22N2O/c1-13(2)11-14-5-7-15(8-6-14)16(19)12-17-18-9-3-4-10-18/h3-10,13,16-17,19H,11-12H2,1-2H3. The number of hydrogen-bond acceptors (Lipinski definition) is 2. The number of benzene rings is 1. The van der Waals surface area contributed by atoms with Gasteiger partial charge in [-0.15, -0.1) is 0 Å². The monoisotopic (exact) mass is 258 g/mol. The average Bonchev–Trinajstić information content (AvgIpc) is 2.89. The lowest BCUT2D eigenvalue weighted by molar-refractivity contribution is 0.188. The molecule has 3 nitrogen and oxygen atoms in total. The normalized spacial score (nSPS) is 12.6. The van der Waals surface area contributed by atoms with Gasteiger partial charge in [0.2, 0.25) is 0 Å². The second-order valence-electron chi connectivity index (χ2n) is 5.31. The Morgan fingerprint density at radius 2 is 1.74 bits per heavy atom. The van der Waals surface area contributed by atoms with Crippen LogP contribution in [0.25, 0.3) is 0 Å². The molecule has 0 spiro atoms. The summed E-state index contributed by atoms with van der Waals surface area (Å²) in [5, 5.41) is 10.1. The van der Waals surface area contributed by atoms with Gasteiger partial charge >= 0.3 is 0 Å². The van der Waals surface area contributed by atoms with Gasteiger partial charge in [0.15, 0.2) is 0 Å². The average molecular weight is 258 g/mol. The molecule has 0 aliphatic heterocycles. The summed E-state index contributed by atoms with van der Waals surface area (Å²) in [4.78, 5) is 0. The second-order valence-corrected chi connectivity index (χ2v) is 5.31. The van der Waals surface area contributed by atoms with E-state index in [-0.39, 0.29) is 0 Å². The Balaban J connectivity index is 1.90. The van der Waals surface area contributed by atoms with E-state index in [2.05, 4.69) is 31.4 Å². The van der Waals surface area contributed by atoms with E-state index in [1.54, 1.807) is 0 Å². The minimum atomic E-state index is -0.490. The van der Waals surface area contributed by atoms with Crippen LogP contribution in [-0.4, -0.2) is 16.3 Å². The lowest BCUT2D eigenvalue weighted by atomic mass is 10.0. The molecule has 19 heavy (non-hydrogen) atoms. The first kappa shape index (κ1) is 13.7. The maximum absolute atomic E-state index is 10.1. The summed E-state index contributed by atoms with van der Waals surface area (Å²) >= 11 is 0. The number of aliphatic hydroxyl groups excluding tert-OH is 1. The van der Waals surface area contributed by atoms with Crippen molar-refractivity contribution in [2.75, 3.05) is 12.0 Å².